The number of hydrogen-bond acceptors (Lipinski definition) is 2. The molecule has 2 rings (SSSR count). The van der Waals surface area contributed by atoms with Gasteiger partial charge in [-0.2, -0.15) is 0 Å². The Morgan fingerprint density at radius 2 is 2.21 bits per heavy atom. The second-order valence-corrected chi connectivity index (χ2v) is 5.06. The summed E-state index contributed by atoms with van der Waals surface area (Å²) in [5, 5.41) is 7.22. The zero-order valence-corrected chi connectivity index (χ0v) is 9.39. The van der Waals surface area contributed by atoms with E-state index in [-0.39, 0.29) is 0 Å². The van der Waals surface area contributed by atoms with E-state index < -0.39 is 0 Å². The average molecular weight is 196 g/mol. The maximum Gasteiger partial charge on any atom is 0.00963 e. The third-order valence-corrected chi connectivity index (χ3v) is 3.66. The Balaban J connectivity index is 1.45. The Kier molecular flexibility index (Phi) is 3.82. The van der Waals surface area contributed by atoms with Crippen LogP contribution in [0.25, 0.3) is 0 Å². The third kappa shape index (κ3) is 3.25. The zero-order valence-electron chi connectivity index (χ0n) is 9.39. The van der Waals surface area contributed by atoms with E-state index in [1.165, 1.54) is 51.6 Å². The molecule has 3 atom stereocenters. The van der Waals surface area contributed by atoms with Gasteiger partial charge in [0.25, 0.3) is 0 Å². The van der Waals surface area contributed by atoms with Crippen molar-refractivity contribution in [3.63, 3.8) is 0 Å². The van der Waals surface area contributed by atoms with Crippen molar-refractivity contribution >= 4 is 0 Å². The van der Waals surface area contributed by atoms with Gasteiger partial charge < -0.3 is 10.6 Å². The molecule has 14 heavy (non-hydrogen) atoms. The van der Waals surface area contributed by atoms with Crippen LogP contribution in [-0.2, 0) is 0 Å². The van der Waals surface area contributed by atoms with Crippen LogP contribution in [0, 0.1) is 5.92 Å². The summed E-state index contributed by atoms with van der Waals surface area (Å²) in [7, 11) is 0. The normalized spacial score (nSPS) is 37.1. The zero-order chi connectivity index (χ0) is 9.80. The van der Waals surface area contributed by atoms with E-state index in [4.69, 9.17) is 0 Å². The van der Waals surface area contributed by atoms with Crippen molar-refractivity contribution in [2.24, 2.45) is 5.92 Å². The molecule has 1 aliphatic carbocycles. The van der Waals surface area contributed by atoms with Gasteiger partial charge in [0.2, 0.25) is 0 Å². The van der Waals surface area contributed by atoms with Crippen LogP contribution in [0.3, 0.4) is 0 Å². The van der Waals surface area contributed by atoms with E-state index in [9.17, 15) is 0 Å². The maximum absolute atomic E-state index is 3.62. The van der Waals surface area contributed by atoms with Crippen LogP contribution < -0.4 is 10.6 Å². The van der Waals surface area contributed by atoms with Crippen LogP contribution in [-0.4, -0.2) is 25.2 Å². The molecule has 0 radical (unpaired) electrons. The SMILES string of the molecule is CC1CC1NCCCC1CCCCN1. The molecule has 2 heteroatoms. The summed E-state index contributed by atoms with van der Waals surface area (Å²) >= 11 is 0. The van der Waals surface area contributed by atoms with Crippen molar-refractivity contribution in [1.29, 1.82) is 0 Å². The summed E-state index contributed by atoms with van der Waals surface area (Å²) < 4.78 is 0. The fraction of sp³-hybridized carbons (Fsp3) is 1.00. The minimum Gasteiger partial charge on any atom is -0.314 e. The van der Waals surface area contributed by atoms with Gasteiger partial charge in [0, 0.05) is 12.1 Å². The predicted octanol–water partition coefficient (Wildman–Crippen LogP) is 1.91. The van der Waals surface area contributed by atoms with Crippen molar-refractivity contribution < 1.29 is 0 Å². The second kappa shape index (κ2) is 5.13. The van der Waals surface area contributed by atoms with Gasteiger partial charge in [0.15, 0.2) is 0 Å². The largest absolute Gasteiger partial charge is 0.314 e. The highest BCUT2D eigenvalue weighted by atomic mass is 15.0. The average Bonchev–Trinajstić information content (AvgIpc) is 2.91. The first kappa shape index (κ1) is 10.4. The van der Waals surface area contributed by atoms with Crippen molar-refractivity contribution in [3.8, 4) is 0 Å². The van der Waals surface area contributed by atoms with Gasteiger partial charge in [0.05, 0.1) is 0 Å². The van der Waals surface area contributed by atoms with Crippen LogP contribution in [0.4, 0.5) is 0 Å². The van der Waals surface area contributed by atoms with Crippen molar-refractivity contribution in [2.45, 2.75) is 57.5 Å². The lowest BCUT2D eigenvalue weighted by Gasteiger charge is -2.23. The molecule has 1 heterocycles. The van der Waals surface area contributed by atoms with Crippen LogP contribution in [0.2, 0.25) is 0 Å². The highest BCUT2D eigenvalue weighted by molar-refractivity contribution is 4.89. The highest BCUT2D eigenvalue weighted by Crippen LogP contribution is 2.28. The van der Waals surface area contributed by atoms with Crippen LogP contribution in [0.1, 0.15) is 45.4 Å². The van der Waals surface area contributed by atoms with Gasteiger partial charge in [-0.3, -0.25) is 0 Å². The van der Waals surface area contributed by atoms with E-state index in [0.717, 1.165) is 18.0 Å². The van der Waals surface area contributed by atoms with Gasteiger partial charge in [-0.15, -0.1) is 0 Å². The van der Waals surface area contributed by atoms with E-state index in [1.54, 1.807) is 0 Å². The molecule has 2 aliphatic rings. The van der Waals surface area contributed by atoms with Crippen LogP contribution >= 0.6 is 0 Å². The lowest BCUT2D eigenvalue weighted by atomic mass is 10.0. The van der Waals surface area contributed by atoms with Crippen molar-refractivity contribution in [1.82, 2.24) is 10.6 Å². The number of hydrogen-bond donors (Lipinski definition) is 2. The van der Waals surface area contributed by atoms with Crippen LogP contribution in [0.5, 0.6) is 0 Å². The number of nitrogens with one attached hydrogen (secondary N) is 2. The smallest absolute Gasteiger partial charge is 0.00963 e. The van der Waals surface area contributed by atoms with E-state index in [2.05, 4.69) is 17.6 Å². The fourth-order valence-electron chi connectivity index (χ4n) is 2.41. The summed E-state index contributed by atoms with van der Waals surface area (Å²) in [6, 6.07) is 1.68. The summed E-state index contributed by atoms with van der Waals surface area (Å²) in [6.07, 6.45) is 8.34. The van der Waals surface area contributed by atoms with Gasteiger partial charge in [-0.25, -0.2) is 0 Å². The molecule has 1 saturated heterocycles. The molecular formula is C12H24N2. The lowest BCUT2D eigenvalue weighted by molar-refractivity contribution is 0.372. The quantitative estimate of drug-likeness (QED) is 0.656. The Hall–Kier alpha value is -0.0800. The summed E-state index contributed by atoms with van der Waals surface area (Å²) in [5.74, 6) is 0.947. The molecule has 2 nitrogen and oxygen atoms in total. The third-order valence-electron chi connectivity index (χ3n) is 3.66. The molecular weight excluding hydrogens is 172 g/mol. The van der Waals surface area contributed by atoms with Crippen LogP contribution in [0.15, 0.2) is 0 Å². The monoisotopic (exact) mass is 196 g/mol. The van der Waals surface area contributed by atoms with Crippen molar-refractivity contribution in [2.75, 3.05) is 13.1 Å². The fourth-order valence-corrected chi connectivity index (χ4v) is 2.41. The standard InChI is InChI=1S/C12H24N2/c1-10-9-12(10)14-8-4-6-11-5-2-3-7-13-11/h10-14H,2-9H2,1H3. The molecule has 0 aromatic heterocycles. The first-order valence-corrected chi connectivity index (χ1v) is 6.33. The number of rotatable bonds is 5. The van der Waals surface area contributed by atoms with Crippen molar-refractivity contribution in [3.05, 3.63) is 0 Å². The summed E-state index contributed by atoms with van der Waals surface area (Å²) in [5.41, 5.74) is 0. The molecule has 82 valence electrons. The Morgan fingerprint density at radius 3 is 2.86 bits per heavy atom. The molecule has 1 aliphatic heterocycles. The maximum atomic E-state index is 3.62. The first-order valence-electron chi connectivity index (χ1n) is 6.33. The summed E-state index contributed by atoms with van der Waals surface area (Å²) in [6.45, 7) is 4.81. The molecule has 0 bridgehead atoms. The first-order chi connectivity index (χ1) is 6.86. The topological polar surface area (TPSA) is 24.1 Å². The molecule has 3 unspecified atom stereocenters. The number of piperidine rings is 1. The summed E-state index contributed by atoms with van der Waals surface area (Å²) in [4.78, 5) is 0. The van der Waals surface area contributed by atoms with E-state index in [0.29, 0.717) is 0 Å². The van der Waals surface area contributed by atoms with E-state index >= 15 is 0 Å². The molecule has 0 aromatic rings. The minimum absolute atomic E-state index is 0.821. The molecule has 0 aromatic carbocycles. The molecule has 0 spiro atoms. The Bertz CT molecular complexity index is 164. The molecule has 2 N–H and O–H groups in total. The lowest BCUT2D eigenvalue weighted by Crippen LogP contribution is -2.34. The highest BCUT2D eigenvalue weighted by Gasteiger charge is 2.31. The molecule has 1 saturated carbocycles. The minimum atomic E-state index is 0.821. The Labute approximate surface area is 87.8 Å². The van der Waals surface area contributed by atoms with Gasteiger partial charge >= 0.3 is 0 Å². The van der Waals surface area contributed by atoms with Gasteiger partial charge in [0.1, 0.15) is 0 Å². The predicted molar refractivity (Wildman–Crippen MR) is 60.4 cm³/mol. The van der Waals surface area contributed by atoms with Gasteiger partial charge in [-0.05, 0) is 51.1 Å². The van der Waals surface area contributed by atoms with E-state index in [1.807, 2.05) is 0 Å². The Morgan fingerprint density at radius 1 is 1.36 bits per heavy atom. The van der Waals surface area contributed by atoms with Gasteiger partial charge in [-0.1, -0.05) is 13.3 Å². The second-order valence-electron chi connectivity index (χ2n) is 5.06. The molecule has 0 amide bonds. The molecule has 2 fully saturated rings.